The molecule has 108 valence electrons. The number of rotatable bonds is 4. The lowest BCUT2D eigenvalue weighted by Crippen LogP contribution is -2.34. The Bertz CT molecular complexity index is 512. The van der Waals surface area contributed by atoms with Crippen molar-refractivity contribution in [1.29, 1.82) is 0 Å². The van der Waals surface area contributed by atoms with Crippen LogP contribution in [0.3, 0.4) is 0 Å². The Morgan fingerprint density at radius 2 is 1.75 bits per heavy atom. The molecule has 0 aliphatic heterocycles. The van der Waals surface area contributed by atoms with Crippen molar-refractivity contribution < 1.29 is 32.6 Å². The Kier molecular flexibility index (Phi) is 5.57. The zero-order chi connectivity index (χ0) is 15.1. The van der Waals surface area contributed by atoms with E-state index in [1.54, 1.807) is 5.32 Å². The molecule has 0 aliphatic carbocycles. The largest absolute Gasteiger partial charge is 0.452 e. The van der Waals surface area contributed by atoms with Gasteiger partial charge in [0.25, 0.3) is 5.91 Å². The average Bonchev–Trinajstić information content (AvgIpc) is 2.36. The molecule has 1 rings (SSSR count). The van der Waals surface area contributed by atoms with Gasteiger partial charge in [-0.1, -0.05) is 6.07 Å². The molecule has 1 aromatic carbocycles. The normalized spacial score (nSPS) is 9.75. The first kappa shape index (κ1) is 15.5. The van der Waals surface area contributed by atoms with Crippen LogP contribution in [-0.4, -0.2) is 31.2 Å². The van der Waals surface area contributed by atoms with E-state index in [1.165, 1.54) is 6.92 Å². The van der Waals surface area contributed by atoms with Crippen LogP contribution < -0.4 is 5.32 Å². The van der Waals surface area contributed by atoms with Crippen molar-refractivity contribution >= 4 is 18.0 Å². The lowest BCUT2D eigenvalue weighted by atomic mass is 10.2. The van der Waals surface area contributed by atoms with Crippen LogP contribution in [0, 0.1) is 11.6 Å². The molecule has 8 heteroatoms. The highest BCUT2D eigenvalue weighted by atomic mass is 19.1. The molecule has 2 amide bonds. The second-order valence-corrected chi connectivity index (χ2v) is 3.44. The van der Waals surface area contributed by atoms with Crippen molar-refractivity contribution in [2.75, 3.05) is 13.2 Å². The van der Waals surface area contributed by atoms with Crippen molar-refractivity contribution in [2.24, 2.45) is 0 Å². The van der Waals surface area contributed by atoms with Gasteiger partial charge < -0.3 is 9.47 Å². The Morgan fingerprint density at radius 3 is 2.30 bits per heavy atom. The minimum Gasteiger partial charge on any atom is -0.452 e. The van der Waals surface area contributed by atoms with E-state index in [9.17, 15) is 23.2 Å². The first-order chi connectivity index (χ1) is 9.45. The second kappa shape index (κ2) is 7.17. The monoisotopic (exact) mass is 287 g/mol. The van der Waals surface area contributed by atoms with Gasteiger partial charge in [0, 0.05) is 0 Å². The van der Waals surface area contributed by atoms with Gasteiger partial charge in [0.15, 0.2) is 6.61 Å². The minimum absolute atomic E-state index is 0.0549. The van der Waals surface area contributed by atoms with Crippen LogP contribution in [0.5, 0.6) is 0 Å². The van der Waals surface area contributed by atoms with Gasteiger partial charge in [0.1, 0.15) is 17.2 Å². The van der Waals surface area contributed by atoms with Gasteiger partial charge in [-0.25, -0.2) is 18.4 Å². The maximum atomic E-state index is 13.2. The topological polar surface area (TPSA) is 81.7 Å². The molecule has 1 N–H and O–H groups in total. The van der Waals surface area contributed by atoms with Gasteiger partial charge in [-0.15, -0.1) is 0 Å². The number of carbonyl (C=O) groups excluding carboxylic acids is 3. The number of esters is 1. The lowest BCUT2D eigenvalue weighted by molar-refractivity contribution is -0.123. The van der Waals surface area contributed by atoms with Crippen LogP contribution in [0.2, 0.25) is 0 Å². The van der Waals surface area contributed by atoms with Gasteiger partial charge in [-0.05, 0) is 19.1 Å². The third kappa shape index (κ3) is 4.30. The van der Waals surface area contributed by atoms with E-state index >= 15 is 0 Å². The number of nitrogens with one attached hydrogen (secondary N) is 1. The Labute approximate surface area is 112 Å². The fourth-order valence-corrected chi connectivity index (χ4v) is 1.21. The summed E-state index contributed by atoms with van der Waals surface area (Å²) in [6, 6.07) is 2.83. The summed E-state index contributed by atoms with van der Waals surface area (Å²) in [5.74, 6) is -4.55. The first-order valence-electron chi connectivity index (χ1n) is 5.53. The van der Waals surface area contributed by atoms with Gasteiger partial charge in [-0.3, -0.25) is 10.1 Å². The highest BCUT2D eigenvalue weighted by molar-refractivity contribution is 5.95. The summed E-state index contributed by atoms with van der Waals surface area (Å²) in [4.78, 5) is 33.4. The molecule has 0 aliphatic rings. The summed E-state index contributed by atoms with van der Waals surface area (Å²) >= 11 is 0. The molecule has 0 unspecified atom stereocenters. The SMILES string of the molecule is CCOC(=O)NC(=O)COC(=O)c1c(F)cccc1F. The summed E-state index contributed by atoms with van der Waals surface area (Å²) in [5.41, 5.74) is -0.906. The smallest absolute Gasteiger partial charge is 0.413 e. The third-order valence-electron chi connectivity index (χ3n) is 2.02. The number of alkyl carbamates (subject to hydrolysis) is 1. The second-order valence-electron chi connectivity index (χ2n) is 3.44. The molecule has 0 radical (unpaired) electrons. The van der Waals surface area contributed by atoms with E-state index in [1.807, 2.05) is 0 Å². The lowest BCUT2D eigenvalue weighted by Gasteiger charge is -2.06. The Balaban J connectivity index is 2.56. The number of halogens is 2. The fourth-order valence-electron chi connectivity index (χ4n) is 1.21. The highest BCUT2D eigenvalue weighted by Gasteiger charge is 2.20. The van der Waals surface area contributed by atoms with Crippen molar-refractivity contribution in [3.8, 4) is 0 Å². The molecular weight excluding hydrogens is 276 g/mol. The number of carbonyl (C=O) groups is 3. The van der Waals surface area contributed by atoms with E-state index in [-0.39, 0.29) is 6.61 Å². The van der Waals surface area contributed by atoms with E-state index in [0.717, 1.165) is 18.2 Å². The van der Waals surface area contributed by atoms with Gasteiger partial charge in [0.2, 0.25) is 0 Å². The fraction of sp³-hybridized carbons (Fsp3) is 0.250. The van der Waals surface area contributed by atoms with Gasteiger partial charge in [0.05, 0.1) is 6.61 Å². The van der Waals surface area contributed by atoms with Crippen LogP contribution in [0.4, 0.5) is 13.6 Å². The molecule has 0 saturated heterocycles. The van der Waals surface area contributed by atoms with E-state index in [0.29, 0.717) is 0 Å². The van der Waals surface area contributed by atoms with Crippen LogP contribution in [0.15, 0.2) is 18.2 Å². The van der Waals surface area contributed by atoms with Gasteiger partial charge >= 0.3 is 12.1 Å². The maximum Gasteiger partial charge on any atom is 0.413 e. The van der Waals surface area contributed by atoms with Crippen LogP contribution in [0.1, 0.15) is 17.3 Å². The maximum absolute atomic E-state index is 13.2. The first-order valence-corrected chi connectivity index (χ1v) is 5.53. The van der Waals surface area contributed by atoms with Crippen LogP contribution in [0.25, 0.3) is 0 Å². The Morgan fingerprint density at radius 1 is 1.15 bits per heavy atom. The predicted octanol–water partition coefficient (Wildman–Crippen LogP) is 1.39. The third-order valence-corrected chi connectivity index (χ3v) is 2.02. The molecule has 0 spiro atoms. The molecule has 6 nitrogen and oxygen atoms in total. The number of hydrogen-bond acceptors (Lipinski definition) is 5. The zero-order valence-corrected chi connectivity index (χ0v) is 10.4. The number of ether oxygens (including phenoxy) is 2. The predicted molar refractivity (Wildman–Crippen MR) is 61.8 cm³/mol. The minimum atomic E-state index is -1.35. The number of amides is 2. The summed E-state index contributed by atoms with van der Waals surface area (Å²) in [6.07, 6.45) is -1.01. The van der Waals surface area contributed by atoms with E-state index in [2.05, 4.69) is 9.47 Å². The van der Waals surface area contributed by atoms with Crippen molar-refractivity contribution in [3.05, 3.63) is 35.4 Å². The van der Waals surface area contributed by atoms with E-state index < -0.39 is 41.8 Å². The molecule has 0 fully saturated rings. The van der Waals surface area contributed by atoms with Crippen molar-refractivity contribution in [3.63, 3.8) is 0 Å². The molecule has 0 bridgehead atoms. The number of benzene rings is 1. The highest BCUT2D eigenvalue weighted by Crippen LogP contribution is 2.13. The molecular formula is C12H11F2NO5. The van der Waals surface area contributed by atoms with E-state index in [4.69, 9.17) is 0 Å². The number of imide groups is 1. The molecule has 0 atom stereocenters. The Hall–Kier alpha value is -2.51. The molecule has 0 aromatic heterocycles. The molecule has 0 heterocycles. The zero-order valence-electron chi connectivity index (χ0n) is 10.4. The van der Waals surface area contributed by atoms with Gasteiger partial charge in [-0.2, -0.15) is 0 Å². The quantitative estimate of drug-likeness (QED) is 0.846. The molecule has 0 saturated carbocycles. The summed E-state index contributed by atoms with van der Waals surface area (Å²) in [6.45, 7) is 0.718. The summed E-state index contributed by atoms with van der Waals surface area (Å²) in [7, 11) is 0. The van der Waals surface area contributed by atoms with Crippen LogP contribution in [-0.2, 0) is 14.3 Å². The summed E-state index contributed by atoms with van der Waals surface area (Å²) < 4.78 is 35.2. The number of hydrogen-bond donors (Lipinski definition) is 1. The van der Waals surface area contributed by atoms with Crippen molar-refractivity contribution in [1.82, 2.24) is 5.32 Å². The average molecular weight is 287 g/mol. The molecule has 20 heavy (non-hydrogen) atoms. The summed E-state index contributed by atoms with van der Waals surface area (Å²) in [5, 5.41) is 1.75. The van der Waals surface area contributed by atoms with Crippen molar-refractivity contribution in [2.45, 2.75) is 6.92 Å². The standard InChI is InChI=1S/C12H11F2NO5/c1-2-19-12(18)15-9(16)6-20-11(17)10-7(13)4-3-5-8(10)14/h3-5H,2,6H2,1H3,(H,15,16,18). The van der Waals surface area contributed by atoms with Crippen LogP contribution >= 0.6 is 0 Å². The molecule has 1 aromatic rings.